The normalized spacial score (nSPS) is 12.0. The molecule has 0 unspecified atom stereocenters. The fourth-order valence-corrected chi connectivity index (χ4v) is 2.09. The van der Waals surface area contributed by atoms with Gasteiger partial charge in [-0.15, -0.1) is 0 Å². The number of sulfone groups is 1. The lowest BCUT2D eigenvalue weighted by Gasteiger charge is -2.25. The molecule has 0 spiro atoms. The Morgan fingerprint density at radius 1 is 1.40 bits per heavy atom. The zero-order valence-corrected chi connectivity index (χ0v) is 13.2. The number of amides is 1. The second kappa shape index (κ2) is 6.45. The predicted octanol–water partition coefficient (Wildman–Crippen LogP) is 1.66. The topological polar surface area (TPSA) is 72.5 Å². The molecule has 1 aromatic rings. The lowest BCUT2D eigenvalue weighted by atomic mass is 10.1. The molecule has 0 aliphatic rings. The van der Waals surface area contributed by atoms with Gasteiger partial charge in [0.2, 0.25) is 0 Å². The third-order valence-electron chi connectivity index (χ3n) is 2.47. The first-order chi connectivity index (χ1) is 9.10. The van der Waals surface area contributed by atoms with Crippen molar-refractivity contribution in [3.8, 4) is 5.75 Å². The minimum absolute atomic E-state index is 0.0556. The van der Waals surface area contributed by atoms with Gasteiger partial charge in [0.25, 0.3) is 5.91 Å². The molecular formula is C13H18ClNO4S. The summed E-state index contributed by atoms with van der Waals surface area (Å²) in [7, 11) is -3.10. The lowest BCUT2D eigenvalue weighted by molar-refractivity contribution is -0.134. The Bertz CT molecular complexity index is 584. The number of hydrogen-bond donors (Lipinski definition) is 1. The summed E-state index contributed by atoms with van der Waals surface area (Å²) in [5.74, 6) is -0.0201. The first kappa shape index (κ1) is 16.8. The van der Waals surface area contributed by atoms with E-state index in [0.717, 1.165) is 6.26 Å². The van der Waals surface area contributed by atoms with E-state index in [1.165, 1.54) is 0 Å². The summed E-state index contributed by atoms with van der Waals surface area (Å²) in [6, 6.07) is 6.72. The Hall–Kier alpha value is -1.27. The molecule has 0 aliphatic heterocycles. The van der Waals surface area contributed by atoms with Gasteiger partial charge in [-0.25, -0.2) is 8.42 Å². The van der Waals surface area contributed by atoms with Crippen LogP contribution in [0.25, 0.3) is 0 Å². The molecule has 1 amide bonds. The fraction of sp³-hybridized carbons (Fsp3) is 0.462. The highest BCUT2D eigenvalue weighted by atomic mass is 35.5. The smallest absolute Gasteiger partial charge is 0.263 e. The summed E-state index contributed by atoms with van der Waals surface area (Å²) in [6.07, 6.45) is 1.12. The van der Waals surface area contributed by atoms with E-state index < -0.39 is 15.4 Å². The van der Waals surface area contributed by atoms with Crippen molar-refractivity contribution >= 4 is 27.3 Å². The first-order valence-electron chi connectivity index (χ1n) is 6.01. The van der Waals surface area contributed by atoms with Crippen LogP contribution < -0.4 is 10.1 Å². The van der Waals surface area contributed by atoms with Gasteiger partial charge in [-0.1, -0.05) is 17.7 Å². The summed E-state index contributed by atoms with van der Waals surface area (Å²) in [5, 5.41) is 3.05. The molecule has 0 saturated carbocycles. The highest BCUT2D eigenvalue weighted by Crippen LogP contribution is 2.22. The predicted molar refractivity (Wildman–Crippen MR) is 78.9 cm³/mol. The summed E-state index contributed by atoms with van der Waals surface area (Å²) >= 11 is 5.84. The number of halogens is 1. The third-order valence-corrected chi connectivity index (χ3v) is 3.66. The van der Waals surface area contributed by atoms with Crippen LogP contribution in [0.1, 0.15) is 13.8 Å². The molecular weight excluding hydrogens is 302 g/mol. The van der Waals surface area contributed by atoms with Crippen LogP contribution in [0.3, 0.4) is 0 Å². The van der Waals surface area contributed by atoms with E-state index in [4.69, 9.17) is 16.3 Å². The van der Waals surface area contributed by atoms with E-state index >= 15 is 0 Å². The van der Waals surface area contributed by atoms with Crippen LogP contribution in [0.4, 0.5) is 0 Å². The summed E-state index contributed by atoms with van der Waals surface area (Å²) < 4.78 is 27.6. The van der Waals surface area contributed by atoms with Gasteiger partial charge in [0.05, 0.1) is 5.75 Å². The second-order valence-corrected chi connectivity index (χ2v) is 7.65. The van der Waals surface area contributed by atoms with Crippen LogP contribution in [-0.4, -0.2) is 38.5 Å². The van der Waals surface area contributed by atoms with Crippen LogP contribution >= 0.6 is 11.6 Å². The van der Waals surface area contributed by atoms with Crippen molar-refractivity contribution in [1.82, 2.24) is 5.32 Å². The van der Waals surface area contributed by atoms with Gasteiger partial charge in [0.15, 0.2) is 5.60 Å². The van der Waals surface area contributed by atoms with Crippen molar-refractivity contribution < 1.29 is 17.9 Å². The average Bonchev–Trinajstić information content (AvgIpc) is 2.26. The van der Waals surface area contributed by atoms with E-state index in [9.17, 15) is 13.2 Å². The zero-order chi connectivity index (χ0) is 15.4. The average molecular weight is 320 g/mol. The number of ether oxygens (including phenoxy) is 1. The molecule has 0 radical (unpaired) electrons. The van der Waals surface area contributed by atoms with E-state index in [1.807, 2.05) is 0 Å². The standard InChI is InChI=1S/C13H18ClNO4S/c1-13(2,12(16)15-7-8-20(3,17)18)19-11-6-4-5-10(14)9-11/h4-6,9H,7-8H2,1-3H3,(H,15,16). The molecule has 0 fully saturated rings. The molecule has 7 heteroatoms. The fourth-order valence-electron chi connectivity index (χ4n) is 1.43. The Labute approximate surface area is 124 Å². The molecule has 112 valence electrons. The van der Waals surface area contributed by atoms with E-state index in [2.05, 4.69) is 5.32 Å². The minimum Gasteiger partial charge on any atom is -0.478 e. The number of carbonyl (C=O) groups is 1. The van der Waals surface area contributed by atoms with Crippen molar-refractivity contribution in [1.29, 1.82) is 0 Å². The molecule has 0 aromatic heterocycles. The van der Waals surface area contributed by atoms with Gasteiger partial charge < -0.3 is 10.1 Å². The van der Waals surface area contributed by atoms with Crippen molar-refractivity contribution in [2.75, 3.05) is 18.6 Å². The maximum atomic E-state index is 12.0. The number of carbonyl (C=O) groups excluding carboxylic acids is 1. The van der Waals surface area contributed by atoms with Crippen molar-refractivity contribution in [2.24, 2.45) is 0 Å². The number of benzene rings is 1. The molecule has 1 aromatic carbocycles. The SMILES string of the molecule is CC(C)(Oc1cccc(Cl)c1)C(=O)NCCS(C)(=O)=O. The number of rotatable bonds is 6. The molecule has 0 heterocycles. The quantitative estimate of drug-likeness (QED) is 0.865. The third kappa shape index (κ3) is 5.79. The van der Waals surface area contributed by atoms with Crippen LogP contribution in [0.5, 0.6) is 5.75 Å². The van der Waals surface area contributed by atoms with Gasteiger partial charge in [-0.3, -0.25) is 4.79 Å². The van der Waals surface area contributed by atoms with Crippen LogP contribution in [0, 0.1) is 0 Å². The highest BCUT2D eigenvalue weighted by Gasteiger charge is 2.29. The van der Waals surface area contributed by atoms with Gasteiger partial charge in [-0.05, 0) is 32.0 Å². The van der Waals surface area contributed by atoms with Gasteiger partial charge in [0, 0.05) is 17.8 Å². The first-order valence-corrected chi connectivity index (χ1v) is 8.45. The van der Waals surface area contributed by atoms with Crippen LogP contribution in [0.15, 0.2) is 24.3 Å². The largest absolute Gasteiger partial charge is 0.478 e. The Balaban J connectivity index is 2.61. The molecule has 5 nitrogen and oxygen atoms in total. The van der Waals surface area contributed by atoms with Gasteiger partial charge >= 0.3 is 0 Å². The van der Waals surface area contributed by atoms with Crippen molar-refractivity contribution in [3.05, 3.63) is 29.3 Å². The molecule has 20 heavy (non-hydrogen) atoms. The summed E-state index contributed by atoms with van der Waals surface area (Å²) in [5.41, 5.74) is -1.12. The Morgan fingerprint density at radius 2 is 2.05 bits per heavy atom. The Morgan fingerprint density at radius 3 is 2.60 bits per heavy atom. The van der Waals surface area contributed by atoms with Crippen LogP contribution in [0.2, 0.25) is 5.02 Å². The van der Waals surface area contributed by atoms with E-state index in [0.29, 0.717) is 10.8 Å². The Kier molecular flexibility index (Phi) is 5.42. The molecule has 0 bridgehead atoms. The molecule has 1 rings (SSSR count). The maximum absolute atomic E-state index is 12.0. The highest BCUT2D eigenvalue weighted by molar-refractivity contribution is 7.90. The van der Waals surface area contributed by atoms with E-state index in [1.54, 1.807) is 38.1 Å². The monoisotopic (exact) mass is 319 g/mol. The summed E-state index contributed by atoms with van der Waals surface area (Å²) in [4.78, 5) is 12.0. The van der Waals surface area contributed by atoms with Crippen molar-refractivity contribution in [2.45, 2.75) is 19.4 Å². The van der Waals surface area contributed by atoms with Crippen molar-refractivity contribution in [3.63, 3.8) is 0 Å². The summed E-state index contributed by atoms with van der Waals surface area (Å²) in [6.45, 7) is 3.26. The van der Waals surface area contributed by atoms with E-state index in [-0.39, 0.29) is 18.2 Å². The molecule has 0 aliphatic carbocycles. The molecule has 0 atom stereocenters. The maximum Gasteiger partial charge on any atom is 0.263 e. The molecule has 1 N–H and O–H groups in total. The number of hydrogen-bond acceptors (Lipinski definition) is 4. The number of nitrogens with one attached hydrogen (secondary N) is 1. The minimum atomic E-state index is -3.10. The molecule has 0 saturated heterocycles. The van der Waals surface area contributed by atoms with Gasteiger partial charge in [0.1, 0.15) is 15.6 Å². The van der Waals surface area contributed by atoms with Crippen LogP contribution in [-0.2, 0) is 14.6 Å². The lowest BCUT2D eigenvalue weighted by Crippen LogP contribution is -2.47. The second-order valence-electron chi connectivity index (χ2n) is 4.96. The zero-order valence-electron chi connectivity index (χ0n) is 11.6. The van der Waals surface area contributed by atoms with Gasteiger partial charge in [-0.2, -0.15) is 0 Å².